The highest BCUT2D eigenvalue weighted by Gasteiger charge is 2.16. The van der Waals surface area contributed by atoms with Gasteiger partial charge < -0.3 is 30.7 Å². The molecule has 1 aromatic carbocycles. The van der Waals surface area contributed by atoms with Gasteiger partial charge in [-0.25, -0.2) is 0 Å². The molecule has 6 nitrogen and oxygen atoms in total. The molecule has 8 heteroatoms. The lowest BCUT2D eigenvalue weighted by atomic mass is 10.1. The van der Waals surface area contributed by atoms with Crippen LogP contribution in [-0.4, -0.2) is 48.7 Å². The monoisotopic (exact) mass is 422 g/mol. The molecule has 0 amide bonds. The minimum absolute atomic E-state index is 0.284. The Balaban J connectivity index is 1.33. The largest absolute Gasteiger partial charge is 0.376 e. The minimum atomic E-state index is 0.284. The lowest BCUT2D eigenvalue weighted by Gasteiger charge is -2.15. The standard InChI is InChI=1S/C20H30N4O2S2/c27-19(23-13-17-6-2-8-25-17)21-11-15-4-1-5-16(10-15)12-22-20(28)24-14-18-7-3-9-26-18/h1,4-5,10,17-18H,2-3,6-9,11-14H2,(H2,21,23,27)(H2,22,24,28). The average Bonchev–Trinajstić information content (AvgIpc) is 3.42. The Morgan fingerprint density at radius 3 is 1.75 bits per heavy atom. The number of benzene rings is 1. The summed E-state index contributed by atoms with van der Waals surface area (Å²) < 4.78 is 11.2. The highest BCUT2D eigenvalue weighted by Crippen LogP contribution is 2.11. The number of hydrogen-bond donors (Lipinski definition) is 4. The molecule has 0 aliphatic carbocycles. The van der Waals surface area contributed by atoms with Crippen LogP contribution in [0.5, 0.6) is 0 Å². The van der Waals surface area contributed by atoms with E-state index in [1.807, 2.05) is 0 Å². The molecular formula is C20H30N4O2S2. The predicted octanol–water partition coefficient (Wildman–Crippen LogP) is 1.97. The topological polar surface area (TPSA) is 66.6 Å². The number of nitrogens with one attached hydrogen (secondary N) is 4. The van der Waals surface area contributed by atoms with Gasteiger partial charge in [0.25, 0.3) is 0 Å². The molecule has 4 N–H and O–H groups in total. The van der Waals surface area contributed by atoms with Crippen LogP contribution in [0, 0.1) is 0 Å². The second-order valence-corrected chi connectivity index (χ2v) is 8.03. The van der Waals surface area contributed by atoms with Crippen LogP contribution in [0.25, 0.3) is 0 Å². The van der Waals surface area contributed by atoms with Gasteiger partial charge in [-0.3, -0.25) is 0 Å². The van der Waals surface area contributed by atoms with Gasteiger partial charge in [0.1, 0.15) is 0 Å². The SMILES string of the molecule is S=C(NCc1cccc(CNC(=S)NCC2CCCO2)c1)NCC1CCCO1. The summed E-state index contributed by atoms with van der Waals surface area (Å²) in [5.41, 5.74) is 2.36. The maximum Gasteiger partial charge on any atom is 0.166 e. The van der Waals surface area contributed by atoms with Crippen molar-refractivity contribution in [3.8, 4) is 0 Å². The third-order valence-corrected chi connectivity index (χ3v) is 5.50. The van der Waals surface area contributed by atoms with Crippen molar-refractivity contribution >= 4 is 34.7 Å². The molecule has 0 bridgehead atoms. The molecule has 2 unspecified atom stereocenters. The molecule has 2 aliphatic heterocycles. The van der Waals surface area contributed by atoms with E-state index in [1.165, 1.54) is 11.1 Å². The Kier molecular flexibility index (Phi) is 8.72. The van der Waals surface area contributed by atoms with Crippen molar-refractivity contribution in [2.75, 3.05) is 26.3 Å². The fourth-order valence-electron chi connectivity index (χ4n) is 3.36. The van der Waals surface area contributed by atoms with E-state index in [2.05, 4.69) is 45.5 Å². The van der Waals surface area contributed by atoms with Gasteiger partial charge in [-0.1, -0.05) is 24.3 Å². The predicted molar refractivity (Wildman–Crippen MR) is 119 cm³/mol. The third kappa shape index (κ3) is 7.50. The van der Waals surface area contributed by atoms with Gasteiger partial charge in [-0.2, -0.15) is 0 Å². The zero-order valence-corrected chi connectivity index (χ0v) is 17.8. The van der Waals surface area contributed by atoms with Gasteiger partial charge in [0.05, 0.1) is 12.2 Å². The average molecular weight is 423 g/mol. The van der Waals surface area contributed by atoms with Crippen molar-refractivity contribution in [3.05, 3.63) is 35.4 Å². The maximum atomic E-state index is 5.59. The Morgan fingerprint density at radius 2 is 1.32 bits per heavy atom. The molecule has 1 aromatic rings. The van der Waals surface area contributed by atoms with Crippen LogP contribution in [0.2, 0.25) is 0 Å². The molecule has 3 rings (SSSR count). The summed E-state index contributed by atoms with van der Waals surface area (Å²) in [6.45, 7) is 4.64. The molecule has 2 atom stereocenters. The quantitative estimate of drug-likeness (QED) is 0.474. The molecular weight excluding hydrogens is 392 g/mol. The molecule has 2 saturated heterocycles. The van der Waals surface area contributed by atoms with Crippen LogP contribution in [-0.2, 0) is 22.6 Å². The van der Waals surface area contributed by atoms with Gasteiger partial charge in [0, 0.05) is 39.4 Å². The smallest absolute Gasteiger partial charge is 0.166 e. The molecule has 0 aromatic heterocycles. The van der Waals surface area contributed by atoms with E-state index in [0.29, 0.717) is 23.3 Å². The minimum Gasteiger partial charge on any atom is -0.376 e. The zero-order valence-electron chi connectivity index (χ0n) is 16.2. The Labute approximate surface area is 178 Å². The molecule has 0 radical (unpaired) electrons. The van der Waals surface area contributed by atoms with Gasteiger partial charge in [0.15, 0.2) is 10.2 Å². The van der Waals surface area contributed by atoms with Gasteiger partial charge >= 0.3 is 0 Å². The van der Waals surface area contributed by atoms with Gasteiger partial charge in [0.2, 0.25) is 0 Å². The molecule has 154 valence electrons. The van der Waals surface area contributed by atoms with Crippen LogP contribution >= 0.6 is 24.4 Å². The third-order valence-electron chi connectivity index (χ3n) is 4.93. The number of rotatable bonds is 8. The van der Waals surface area contributed by atoms with Crippen molar-refractivity contribution in [1.82, 2.24) is 21.3 Å². The van der Waals surface area contributed by atoms with Crippen LogP contribution in [0.4, 0.5) is 0 Å². The van der Waals surface area contributed by atoms with E-state index in [1.54, 1.807) is 0 Å². The van der Waals surface area contributed by atoms with Crippen molar-refractivity contribution < 1.29 is 9.47 Å². The van der Waals surface area contributed by atoms with Crippen molar-refractivity contribution in [1.29, 1.82) is 0 Å². The fraction of sp³-hybridized carbons (Fsp3) is 0.600. The van der Waals surface area contributed by atoms with Crippen molar-refractivity contribution in [2.24, 2.45) is 0 Å². The Morgan fingerprint density at radius 1 is 0.821 bits per heavy atom. The fourth-order valence-corrected chi connectivity index (χ4v) is 3.67. The first-order valence-electron chi connectivity index (χ1n) is 10.0. The van der Waals surface area contributed by atoms with Gasteiger partial charge in [-0.05, 0) is 61.2 Å². The number of ether oxygens (including phenoxy) is 2. The van der Waals surface area contributed by atoms with Crippen LogP contribution < -0.4 is 21.3 Å². The van der Waals surface area contributed by atoms with E-state index in [-0.39, 0.29) is 12.2 Å². The van der Waals surface area contributed by atoms with E-state index in [9.17, 15) is 0 Å². The summed E-state index contributed by atoms with van der Waals surface area (Å²) in [6, 6.07) is 8.39. The first-order chi connectivity index (χ1) is 13.7. The summed E-state index contributed by atoms with van der Waals surface area (Å²) in [6.07, 6.45) is 5.06. The van der Waals surface area contributed by atoms with E-state index in [0.717, 1.165) is 52.0 Å². The number of hydrogen-bond acceptors (Lipinski definition) is 4. The van der Waals surface area contributed by atoms with Crippen LogP contribution in [0.3, 0.4) is 0 Å². The first-order valence-corrected chi connectivity index (χ1v) is 10.8. The molecule has 0 saturated carbocycles. The zero-order chi connectivity index (χ0) is 19.6. The summed E-state index contributed by atoms with van der Waals surface area (Å²) in [7, 11) is 0. The van der Waals surface area contributed by atoms with Crippen LogP contribution in [0.15, 0.2) is 24.3 Å². The van der Waals surface area contributed by atoms with Crippen molar-refractivity contribution in [2.45, 2.75) is 51.0 Å². The molecule has 2 aliphatic rings. The second-order valence-electron chi connectivity index (χ2n) is 7.22. The highest BCUT2D eigenvalue weighted by atomic mass is 32.1. The van der Waals surface area contributed by atoms with Crippen molar-refractivity contribution in [3.63, 3.8) is 0 Å². The lowest BCUT2D eigenvalue weighted by molar-refractivity contribution is 0.114. The summed E-state index contributed by atoms with van der Waals surface area (Å²) in [5.74, 6) is 0. The molecule has 0 spiro atoms. The highest BCUT2D eigenvalue weighted by molar-refractivity contribution is 7.80. The Bertz CT molecular complexity index is 596. The molecule has 2 fully saturated rings. The summed E-state index contributed by atoms with van der Waals surface area (Å²) >= 11 is 10.7. The number of thiocarbonyl (C=S) groups is 2. The Hall–Kier alpha value is -1.48. The summed E-state index contributed by atoms with van der Waals surface area (Å²) in [5, 5.41) is 14.3. The van der Waals surface area contributed by atoms with Crippen LogP contribution in [0.1, 0.15) is 36.8 Å². The summed E-state index contributed by atoms with van der Waals surface area (Å²) in [4.78, 5) is 0. The molecule has 2 heterocycles. The molecule has 28 heavy (non-hydrogen) atoms. The van der Waals surface area contributed by atoms with E-state index >= 15 is 0 Å². The maximum absolute atomic E-state index is 5.59. The van der Waals surface area contributed by atoms with Gasteiger partial charge in [-0.15, -0.1) is 0 Å². The first kappa shape index (κ1) is 21.2. The normalized spacial score (nSPS) is 21.3. The second kappa shape index (κ2) is 11.5. The lowest BCUT2D eigenvalue weighted by Crippen LogP contribution is -2.39. The van der Waals surface area contributed by atoms with E-state index in [4.69, 9.17) is 33.9 Å². The van der Waals surface area contributed by atoms with E-state index < -0.39 is 0 Å².